The summed E-state index contributed by atoms with van der Waals surface area (Å²) in [6, 6.07) is 3.02. The van der Waals surface area contributed by atoms with Crippen molar-refractivity contribution in [2.45, 2.75) is 4.90 Å². The zero-order valence-corrected chi connectivity index (χ0v) is 9.58. The molecule has 6 heteroatoms. The van der Waals surface area contributed by atoms with E-state index < -0.39 is 5.82 Å². The van der Waals surface area contributed by atoms with Gasteiger partial charge in [0, 0.05) is 0 Å². The molecule has 0 atom stereocenters. The van der Waals surface area contributed by atoms with Gasteiger partial charge in [0.2, 0.25) is 0 Å². The first kappa shape index (κ1) is 9.79. The van der Waals surface area contributed by atoms with E-state index in [2.05, 4.69) is 25.6 Å². The molecule has 0 unspecified atom stereocenters. The number of hydrogen-bond acceptors (Lipinski definition) is 4. The summed E-state index contributed by atoms with van der Waals surface area (Å²) in [7, 11) is 1.43. The number of hydrogen-bond donors (Lipinski definition) is 1. The van der Waals surface area contributed by atoms with Gasteiger partial charge in [-0.2, -0.15) is 0 Å². The van der Waals surface area contributed by atoms with Gasteiger partial charge in [0.25, 0.3) is 0 Å². The van der Waals surface area contributed by atoms with Crippen LogP contribution < -0.4 is 9.46 Å². The minimum Gasteiger partial charge on any atom is -0.491 e. The number of amidine groups is 1. The molecule has 1 aromatic carbocycles. The summed E-state index contributed by atoms with van der Waals surface area (Å²) in [5, 5.41) is 0. The second-order valence-electron chi connectivity index (χ2n) is 2.53. The monoisotopic (exact) mass is 276 g/mol. The molecule has 0 aliphatic carbocycles. The Bertz CT molecular complexity index is 411. The zero-order valence-electron chi connectivity index (χ0n) is 7.17. The Morgan fingerprint density at radius 3 is 3.07 bits per heavy atom. The van der Waals surface area contributed by atoms with Crippen LogP contribution in [0.25, 0.3) is 0 Å². The summed E-state index contributed by atoms with van der Waals surface area (Å²) >= 11 is 4.55. The third-order valence-electron chi connectivity index (χ3n) is 1.71. The van der Waals surface area contributed by atoms with Gasteiger partial charge in [-0.1, -0.05) is 0 Å². The number of fused-ring (bicyclic) bond motifs is 1. The molecule has 1 N–H and O–H groups in total. The third-order valence-corrected chi connectivity index (χ3v) is 3.19. The van der Waals surface area contributed by atoms with E-state index in [9.17, 15) is 4.39 Å². The van der Waals surface area contributed by atoms with E-state index in [1.54, 1.807) is 6.07 Å². The van der Waals surface area contributed by atoms with Gasteiger partial charge in [-0.3, -0.25) is 0 Å². The van der Waals surface area contributed by atoms with Crippen LogP contribution in [0.5, 0.6) is 5.75 Å². The molecule has 0 radical (unpaired) electrons. The number of methoxy groups -OCH3 is 1. The number of benzene rings is 1. The lowest BCUT2D eigenvalue weighted by atomic mass is 10.3. The number of halogens is 2. The lowest BCUT2D eigenvalue weighted by molar-refractivity contribution is 0.387. The SMILES string of the molecule is COc1c(F)ccc2c1N=C(Br)NS2. The van der Waals surface area contributed by atoms with E-state index in [4.69, 9.17) is 4.74 Å². The fourth-order valence-electron chi connectivity index (χ4n) is 1.13. The van der Waals surface area contributed by atoms with Crippen LogP contribution in [0.4, 0.5) is 10.1 Å². The van der Waals surface area contributed by atoms with E-state index in [0.717, 1.165) is 4.90 Å². The van der Waals surface area contributed by atoms with Crippen molar-refractivity contribution in [2.75, 3.05) is 7.11 Å². The lowest BCUT2D eigenvalue weighted by Gasteiger charge is -2.15. The van der Waals surface area contributed by atoms with Crippen molar-refractivity contribution in [1.82, 2.24) is 4.72 Å². The molecule has 1 heterocycles. The predicted molar refractivity (Wildman–Crippen MR) is 58.0 cm³/mol. The Labute approximate surface area is 93.0 Å². The predicted octanol–water partition coefficient (Wildman–Crippen LogP) is 2.83. The number of nitrogens with zero attached hydrogens (tertiary/aromatic N) is 1. The Morgan fingerprint density at radius 2 is 2.36 bits per heavy atom. The van der Waals surface area contributed by atoms with Crippen LogP contribution in [0.1, 0.15) is 0 Å². The van der Waals surface area contributed by atoms with Crippen LogP contribution in [0, 0.1) is 5.82 Å². The second-order valence-corrected chi connectivity index (χ2v) is 4.13. The highest BCUT2D eigenvalue weighted by Crippen LogP contribution is 2.41. The first-order valence-electron chi connectivity index (χ1n) is 3.76. The van der Waals surface area contributed by atoms with Crippen molar-refractivity contribution >= 4 is 38.3 Å². The van der Waals surface area contributed by atoms with Gasteiger partial charge in [-0.25, -0.2) is 9.38 Å². The quantitative estimate of drug-likeness (QED) is 0.633. The Hall–Kier alpha value is -0.750. The normalized spacial score (nSPS) is 14.1. The summed E-state index contributed by atoms with van der Waals surface area (Å²) in [4.78, 5) is 4.95. The first-order valence-corrected chi connectivity index (χ1v) is 5.37. The van der Waals surface area contributed by atoms with Gasteiger partial charge in [0.15, 0.2) is 16.3 Å². The Kier molecular flexibility index (Phi) is 2.64. The van der Waals surface area contributed by atoms with Gasteiger partial charge in [-0.15, -0.1) is 0 Å². The molecule has 1 aromatic rings. The van der Waals surface area contributed by atoms with Crippen molar-refractivity contribution in [3.63, 3.8) is 0 Å². The second kappa shape index (κ2) is 3.78. The highest BCUT2D eigenvalue weighted by molar-refractivity contribution is 9.18. The van der Waals surface area contributed by atoms with Crippen LogP contribution in [-0.2, 0) is 0 Å². The average Bonchev–Trinajstić information content (AvgIpc) is 2.17. The minimum atomic E-state index is -0.405. The van der Waals surface area contributed by atoms with Crippen LogP contribution >= 0.6 is 27.9 Å². The molecule has 0 bridgehead atoms. The first-order chi connectivity index (χ1) is 6.72. The highest BCUT2D eigenvalue weighted by atomic mass is 79.9. The summed E-state index contributed by atoms with van der Waals surface area (Å²) in [6.45, 7) is 0. The van der Waals surface area contributed by atoms with Crippen LogP contribution in [-0.4, -0.2) is 11.9 Å². The molecule has 2 rings (SSSR count). The topological polar surface area (TPSA) is 33.6 Å². The summed E-state index contributed by atoms with van der Waals surface area (Å²) < 4.78 is 21.7. The lowest BCUT2D eigenvalue weighted by Crippen LogP contribution is -2.11. The minimum absolute atomic E-state index is 0.174. The molecular weight excluding hydrogens is 271 g/mol. The van der Waals surface area contributed by atoms with E-state index in [1.165, 1.54) is 25.1 Å². The van der Waals surface area contributed by atoms with Crippen molar-refractivity contribution in [2.24, 2.45) is 4.99 Å². The number of rotatable bonds is 1. The molecule has 0 amide bonds. The fraction of sp³-hybridized carbons (Fsp3) is 0.125. The Morgan fingerprint density at radius 1 is 1.57 bits per heavy atom. The van der Waals surface area contributed by atoms with Crippen molar-refractivity contribution in [3.8, 4) is 5.75 Å². The Balaban J connectivity index is 2.62. The number of ether oxygens (including phenoxy) is 1. The van der Waals surface area contributed by atoms with Gasteiger partial charge >= 0.3 is 0 Å². The molecular formula is C8H6BrFN2OS. The van der Waals surface area contributed by atoms with Gasteiger partial charge < -0.3 is 9.46 Å². The summed E-state index contributed by atoms with van der Waals surface area (Å²) in [6.07, 6.45) is 0. The molecule has 0 saturated carbocycles. The molecule has 0 aromatic heterocycles. The number of aliphatic imine (C=N–C) groups is 1. The van der Waals surface area contributed by atoms with Crippen LogP contribution in [0.2, 0.25) is 0 Å². The molecule has 0 saturated heterocycles. The van der Waals surface area contributed by atoms with Gasteiger partial charge in [0.1, 0.15) is 5.69 Å². The molecule has 1 aliphatic heterocycles. The van der Waals surface area contributed by atoms with Gasteiger partial charge in [0.05, 0.1) is 12.0 Å². The van der Waals surface area contributed by atoms with Crippen LogP contribution in [0.15, 0.2) is 22.0 Å². The van der Waals surface area contributed by atoms with Crippen LogP contribution in [0.3, 0.4) is 0 Å². The molecule has 0 fully saturated rings. The maximum atomic E-state index is 13.3. The maximum Gasteiger partial charge on any atom is 0.181 e. The maximum absolute atomic E-state index is 13.3. The highest BCUT2D eigenvalue weighted by Gasteiger charge is 2.18. The largest absolute Gasteiger partial charge is 0.491 e. The number of nitrogens with one attached hydrogen (secondary N) is 1. The summed E-state index contributed by atoms with van der Waals surface area (Å²) in [5.41, 5.74) is 0.517. The smallest absolute Gasteiger partial charge is 0.181 e. The molecule has 74 valence electrons. The molecule has 0 spiro atoms. The standard InChI is InChI=1S/C8H6BrFN2OS/c1-13-7-4(10)2-3-5-6(7)11-8(9)12-14-5/h2-3H,1H3,(H,11,12). The summed E-state index contributed by atoms with van der Waals surface area (Å²) in [5.74, 6) is -0.230. The van der Waals surface area contributed by atoms with Crippen molar-refractivity contribution < 1.29 is 9.13 Å². The molecule has 14 heavy (non-hydrogen) atoms. The average molecular weight is 277 g/mol. The van der Waals surface area contributed by atoms with E-state index in [0.29, 0.717) is 10.4 Å². The third kappa shape index (κ3) is 1.59. The zero-order chi connectivity index (χ0) is 10.1. The van der Waals surface area contributed by atoms with E-state index in [1.807, 2.05) is 0 Å². The van der Waals surface area contributed by atoms with Crippen molar-refractivity contribution in [1.29, 1.82) is 0 Å². The van der Waals surface area contributed by atoms with E-state index >= 15 is 0 Å². The van der Waals surface area contributed by atoms with E-state index in [-0.39, 0.29) is 5.75 Å². The molecule has 1 aliphatic rings. The van der Waals surface area contributed by atoms with Crippen molar-refractivity contribution in [3.05, 3.63) is 17.9 Å². The molecule has 3 nitrogen and oxygen atoms in total. The fourth-order valence-corrected chi connectivity index (χ4v) is 2.16. The van der Waals surface area contributed by atoms with Gasteiger partial charge in [-0.05, 0) is 40.0 Å².